The molecule has 1 aliphatic heterocycles. The highest BCUT2D eigenvalue weighted by atomic mass is 32.2. The molecular weight excluding hydrogens is 384 g/mol. The maximum absolute atomic E-state index is 12.6. The van der Waals surface area contributed by atoms with Gasteiger partial charge in [-0.2, -0.15) is 0 Å². The Balaban J connectivity index is 1.60. The number of piperidine rings is 1. The zero-order valence-electron chi connectivity index (χ0n) is 17.2. The van der Waals surface area contributed by atoms with Gasteiger partial charge in [-0.25, -0.2) is 13.1 Å². The molecule has 3 rings (SSSR count). The molecule has 1 aliphatic rings. The van der Waals surface area contributed by atoms with Crippen LogP contribution in [0.15, 0.2) is 53.4 Å². The summed E-state index contributed by atoms with van der Waals surface area (Å²) in [5.74, 6) is 0.462. The average molecular weight is 415 g/mol. The number of amides is 1. The van der Waals surface area contributed by atoms with Crippen LogP contribution in [-0.4, -0.2) is 32.3 Å². The van der Waals surface area contributed by atoms with E-state index in [0.717, 1.165) is 43.5 Å². The fourth-order valence-electron chi connectivity index (χ4n) is 3.52. The molecule has 1 amide bonds. The third-order valence-corrected chi connectivity index (χ3v) is 7.10. The molecule has 1 atom stereocenters. The van der Waals surface area contributed by atoms with Gasteiger partial charge in [0.25, 0.3) is 5.91 Å². The molecule has 2 aromatic carbocycles. The maximum atomic E-state index is 12.6. The van der Waals surface area contributed by atoms with Gasteiger partial charge in [-0.15, -0.1) is 0 Å². The minimum Gasteiger partial charge on any atom is -0.339 e. The first-order valence-electron chi connectivity index (χ1n) is 10.4. The van der Waals surface area contributed by atoms with Crippen LogP contribution < -0.4 is 4.72 Å². The second-order valence-electron chi connectivity index (χ2n) is 7.75. The Morgan fingerprint density at radius 2 is 1.62 bits per heavy atom. The second-order valence-corrected chi connectivity index (χ2v) is 9.52. The molecule has 1 N–H and O–H groups in total. The van der Waals surface area contributed by atoms with Crippen molar-refractivity contribution < 1.29 is 13.2 Å². The van der Waals surface area contributed by atoms with Gasteiger partial charge < -0.3 is 4.90 Å². The van der Waals surface area contributed by atoms with Gasteiger partial charge in [0, 0.05) is 25.2 Å². The number of nitrogens with one attached hydrogen (secondary N) is 1. The molecule has 0 radical (unpaired) electrons. The molecule has 5 nitrogen and oxygen atoms in total. The van der Waals surface area contributed by atoms with Crippen LogP contribution in [0.5, 0.6) is 0 Å². The molecule has 156 valence electrons. The van der Waals surface area contributed by atoms with Crippen molar-refractivity contribution in [2.24, 2.45) is 0 Å². The molecule has 0 saturated carbocycles. The third kappa shape index (κ3) is 5.46. The van der Waals surface area contributed by atoms with E-state index in [1.807, 2.05) is 29.2 Å². The number of rotatable bonds is 7. The van der Waals surface area contributed by atoms with Gasteiger partial charge in [-0.05, 0) is 67.0 Å². The SMILES string of the molecule is CC[C@@H](C)c1ccc(S(=O)(=O)NCc2ccc(C(=O)N3CCCCC3)cc2)cc1. The lowest BCUT2D eigenvalue weighted by Gasteiger charge is -2.26. The third-order valence-electron chi connectivity index (χ3n) is 5.68. The van der Waals surface area contributed by atoms with Crippen LogP contribution in [0.2, 0.25) is 0 Å². The van der Waals surface area contributed by atoms with E-state index < -0.39 is 10.0 Å². The van der Waals surface area contributed by atoms with Crippen molar-refractivity contribution in [1.29, 1.82) is 0 Å². The summed E-state index contributed by atoms with van der Waals surface area (Å²) in [6, 6.07) is 14.3. The van der Waals surface area contributed by atoms with E-state index in [2.05, 4.69) is 18.6 Å². The number of hydrogen-bond acceptors (Lipinski definition) is 3. The molecule has 0 spiro atoms. The van der Waals surface area contributed by atoms with Gasteiger partial charge in [-0.3, -0.25) is 4.79 Å². The molecule has 29 heavy (non-hydrogen) atoms. The van der Waals surface area contributed by atoms with Crippen LogP contribution >= 0.6 is 0 Å². The largest absolute Gasteiger partial charge is 0.339 e. The van der Waals surface area contributed by atoms with Crippen molar-refractivity contribution in [2.75, 3.05) is 13.1 Å². The number of hydrogen-bond donors (Lipinski definition) is 1. The number of carbonyl (C=O) groups is 1. The molecule has 1 fully saturated rings. The monoisotopic (exact) mass is 414 g/mol. The topological polar surface area (TPSA) is 66.5 Å². The Bertz CT molecular complexity index is 916. The first-order valence-corrected chi connectivity index (χ1v) is 11.9. The van der Waals surface area contributed by atoms with Gasteiger partial charge in [0.05, 0.1) is 4.90 Å². The van der Waals surface area contributed by atoms with Crippen LogP contribution in [0.1, 0.15) is 66.9 Å². The number of benzene rings is 2. The predicted molar refractivity (Wildman–Crippen MR) is 115 cm³/mol. The summed E-state index contributed by atoms with van der Waals surface area (Å²) < 4.78 is 27.8. The summed E-state index contributed by atoms with van der Waals surface area (Å²) in [5.41, 5.74) is 2.61. The molecule has 2 aromatic rings. The van der Waals surface area contributed by atoms with E-state index in [9.17, 15) is 13.2 Å². The van der Waals surface area contributed by atoms with Gasteiger partial charge in [0.2, 0.25) is 10.0 Å². The quantitative estimate of drug-likeness (QED) is 0.734. The highest BCUT2D eigenvalue weighted by molar-refractivity contribution is 7.89. The normalized spacial score (nSPS) is 15.9. The lowest BCUT2D eigenvalue weighted by molar-refractivity contribution is 0.0724. The summed E-state index contributed by atoms with van der Waals surface area (Å²) in [6.45, 7) is 6.06. The zero-order chi connectivity index (χ0) is 20.9. The van der Waals surface area contributed by atoms with Crippen molar-refractivity contribution in [2.45, 2.75) is 56.9 Å². The van der Waals surface area contributed by atoms with Gasteiger partial charge in [-0.1, -0.05) is 38.1 Å². The Labute approximate surface area is 174 Å². The molecule has 0 aliphatic carbocycles. The summed E-state index contributed by atoms with van der Waals surface area (Å²) in [6.07, 6.45) is 4.32. The summed E-state index contributed by atoms with van der Waals surface area (Å²) in [4.78, 5) is 14.7. The van der Waals surface area contributed by atoms with E-state index in [1.165, 1.54) is 6.42 Å². The highest BCUT2D eigenvalue weighted by Gasteiger charge is 2.18. The van der Waals surface area contributed by atoms with Gasteiger partial charge in [0.1, 0.15) is 0 Å². The van der Waals surface area contributed by atoms with Crippen molar-refractivity contribution in [1.82, 2.24) is 9.62 Å². The van der Waals surface area contributed by atoms with Crippen molar-refractivity contribution in [3.05, 3.63) is 65.2 Å². The molecule has 0 bridgehead atoms. The lowest BCUT2D eigenvalue weighted by Crippen LogP contribution is -2.35. The Morgan fingerprint density at radius 1 is 1.00 bits per heavy atom. The van der Waals surface area contributed by atoms with Crippen LogP contribution in [0, 0.1) is 0 Å². The van der Waals surface area contributed by atoms with Crippen molar-refractivity contribution >= 4 is 15.9 Å². The van der Waals surface area contributed by atoms with Crippen molar-refractivity contribution in [3.8, 4) is 0 Å². The number of carbonyl (C=O) groups excluding carboxylic acids is 1. The fraction of sp³-hybridized carbons (Fsp3) is 0.435. The second kappa shape index (κ2) is 9.55. The van der Waals surface area contributed by atoms with Crippen LogP contribution in [0.4, 0.5) is 0 Å². The average Bonchev–Trinajstić information content (AvgIpc) is 2.77. The Kier molecular flexibility index (Phi) is 7.09. The van der Waals surface area contributed by atoms with Crippen molar-refractivity contribution in [3.63, 3.8) is 0 Å². The molecular formula is C23H30N2O3S. The summed E-state index contributed by atoms with van der Waals surface area (Å²) in [5, 5.41) is 0. The van der Waals surface area contributed by atoms with Gasteiger partial charge in [0.15, 0.2) is 0 Å². The Morgan fingerprint density at radius 3 is 2.21 bits per heavy atom. The van der Waals surface area contributed by atoms with E-state index in [1.54, 1.807) is 24.3 Å². The minimum absolute atomic E-state index is 0.0539. The smallest absolute Gasteiger partial charge is 0.253 e. The predicted octanol–water partition coefficient (Wildman–Crippen LogP) is 4.30. The standard InChI is InChI=1S/C23H30N2O3S/c1-3-18(2)20-11-13-22(14-12-20)29(27,28)24-17-19-7-9-21(10-8-19)23(26)25-15-5-4-6-16-25/h7-14,18,24H,3-6,15-17H2,1-2H3/t18-/m1/s1. The first-order chi connectivity index (χ1) is 13.9. The van der Waals surface area contributed by atoms with E-state index >= 15 is 0 Å². The maximum Gasteiger partial charge on any atom is 0.253 e. The van der Waals surface area contributed by atoms with Gasteiger partial charge >= 0.3 is 0 Å². The van der Waals surface area contributed by atoms with E-state index in [4.69, 9.17) is 0 Å². The minimum atomic E-state index is -3.58. The number of likely N-dealkylation sites (tertiary alicyclic amines) is 1. The molecule has 1 heterocycles. The molecule has 1 saturated heterocycles. The Hall–Kier alpha value is -2.18. The fourth-order valence-corrected chi connectivity index (χ4v) is 4.54. The zero-order valence-corrected chi connectivity index (χ0v) is 18.0. The molecule has 0 aromatic heterocycles. The summed E-state index contributed by atoms with van der Waals surface area (Å²) >= 11 is 0. The number of nitrogens with zero attached hydrogens (tertiary/aromatic N) is 1. The first kappa shape index (κ1) is 21.5. The summed E-state index contributed by atoms with van der Waals surface area (Å²) in [7, 11) is -3.58. The highest BCUT2D eigenvalue weighted by Crippen LogP contribution is 2.20. The molecule has 6 heteroatoms. The van der Waals surface area contributed by atoms with Crippen LogP contribution in [-0.2, 0) is 16.6 Å². The number of sulfonamides is 1. The van der Waals surface area contributed by atoms with E-state index in [-0.39, 0.29) is 17.3 Å². The van der Waals surface area contributed by atoms with E-state index in [0.29, 0.717) is 11.5 Å². The lowest BCUT2D eigenvalue weighted by atomic mass is 9.99. The van der Waals surface area contributed by atoms with Crippen LogP contribution in [0.25, 0.3) is 0 Å². The molecule has 0 unspecified atom stereocenters. The van der Waals surface area contributed by atoms with Crippen LogP contribution in [0.3, 0.4) is 0 Å².